The Morgan fingerprint density at radius 1 is 1.56 bits per heavy atom. The molecule has 100 valence electrons. The van der Waals surface area contributed by atoms with Gasteiger partial charge in [-0.2, -0.15) is 0 Å². The minimum absolute atomic E-state index is 0.000627. The van der Waals surface area contributed by atoms with E-state index in [2.05, 4.69) is 15.9 Å². The summed E-state index contributed by atoms with van der Waals surface area (Å²) in [5, 5.41) is 0.407. The molecule has 1 amide bonds. The number of benzene rings is 1. The molecule has 0 aliphatic carbocycles. The third kappa shape index (κ3) is 4.23. The second-order valence-electron chi connectivity index (χ2n) is 4.41. The van der Waals surface area contributed by atoms with Crippen LogP contribution >= 0.6 is 27.5 Å². The van der Waals surface area contributed by atoms with Crippen LogP contribution in [0.4, 0.5) is 4.39 Å². The second kappa shape index (κ2) is 6.50. The third-order valence-corrected chi connectivity index (χ3v) is 3.84. The number of hydrogen-bond donors (Lipinski definition) is 2. The number of rotatable bonds is 5. The monoisotopic (exact) mass is 336 g/mol. The predicted molar refractivity (Wildman–Crippen MR) is 73.6 cm³/mol. The molecule has 18 heavy (non-hydrogen) atoms. The quantitative estimate of drug-likeness (QED) is 0.810. The topological polar surface area (TPSA) is 69.1 Å². The van der Waals surface area contributed by atoms with Gasteiger partial charge in [0.05, 0.1) is 5.02 Å². The Hall–Kier alpha value is -0.650. The zero-order chi connectivity index (χ0) is 13.9. The van der Waals surface area contributed by atoms with Gasteiger partial charge in [0.2, 0.25) is 5.91 Å². The lowest BCUT2D eigenvalue weighted by atomic mass is 9.94. The molecule has 0 aliphatic rings. The van der Waals surface area contributed by atoms with E-state index in [0.29, 0.717) is 21.5 Å². The minimum atomic E-state index is -0.509. The van der Waals surface area contributed by atoms with Gasteiger partial charge >= 0.3 is 0 Å². The summed E-state index contributed by atoms with van der Waals surface area (Å²) in [6, 6.07) is 2.28. The zero-order valence-electron chi connectivity index (χ0n) is 9.92. The van der Waals surface area contributed by atoms with Crippen LogP contribution < -0.4 is 11.5 Å². The number of nitrogens with two attached hydrogens (primary N) is 2. The first kappa shape index (κ1) is 15.4. The molecule has 2 unspecified atom stereocenters. The molecule has 1 rings (SSSR count). The summed E-state index contributed by atoms with van der Waals surface area (Å²) in [7, 11) is 0. The van der Waals surface area contributed by atoms with E-state index in [-0.39, 0.29) is 18.2 Å². The molecule has 0 radical (unpaired) electrons. The van der Waals surface area contributed by atoms with Crippen LogP contribution in [0.1, 0.15) is 31.4 Å². The first-order chi connectivity index (χ1) is 8.31. The zero-order valence-corrected chi connectivity index (χ0v) is 12.3. The molecule has 1 aromatic rings. The molecular weight excluding hydrogens is 323 g/mol. The molecule has 2 atom stereocenters. The average molecular weight is 338 g/mol. The Morgan fingerprint density at radius 2 is 2.17 bits per heavy atom. The van der Waals surface area contributed by atoms with Gasteiger partial charge in [0.1, 0.15) is 5.82 Å². The van der Waals surface area contributed by atoms with Crippen LogP contribution in [0.2, 0.25) is 5.02 Å². The smallest absolute Gasteiger partial charge is 0.217 e. The van der Waals surface area contributed by atoms with E-state index in [1.165, 1.54) is 12.1 Å². The summed E-state index contributed by atoms with van der Waals surface area (Å²) in [6.45, 7) is 1.85. The number of primary amides is 1. The maximum atomic E-state index is 13.7. The van der Waals surface area contributed by atoms with Gasteiger partial charge in [0, 0.05) is 22.5 Å². The standard InChI is InChI=1S/C12H15BrClFN2O/c1-6(3-12(17)18)2-11(16)7-4-9(14)8(13)5-10(7)15/h4-6,11H,2-3,16H2,1H3,(H2,17,18). The van der Waals surface area contributed by atoms with Gasteiger partial charge in [0.15, 0.2) is 0 Å². The fourth-order valence-corrected chi connectivity index (χ4v) is 2.30. The molecule has 3 nitrogen and oxygen atoms in total. The molecule has 0 aliphatic heterocycles. The molecule has 0 saturated heterocycles. The number of carbonyl (C=O) groups excluding carboxylic acids is 1. The van der Waals surface area contributed by atoms with Crippen LogP contribution in [0.5, 0.6) is 0 Å². The highest BCUT2D eigenvalue weighted by Crippen LogP contribution is 2.30. The fourth-order valence-electron chi connectivity index (χ4n) is 1.81. The molecule has 0 aromatic heterocycles. The van der Waals surface area contributed by atoms with Crippen LogP contribution in [0.3, 0.4) is 0 Å². The maximum Gasteiger partial charge on any atom is 0.217 e. The van der Waals surface area contributed by atoms with Crippen LogP contribution in [0, 0.1) is 11.7 Å². The molecule has 1 aromatic carbocycles. The van der Waals surface area contributed by atoms with E-state index in [9.17, 15) is 9.18 Å². The second-order valence-corrected chi connectivity index (χ2v) is 5.67. The summed E-state index contributed by atoms with van der Waals surface area (Å²) in [6.07, 6.45) is 0.706. The van der Waals surface area contributed by atoms with Crippen LogP contribution in [-0.2, 0) is 4.79 Å². The molecule has 0 saturated carbocycles. The highest BCUT2D eigenvalue weighted by atomic mass is 79.9. The molecule has 0 spiro atoms. The number of hydrogen-bond acceptors (Lipinski definition) is 2. The van der Waals surface area contributed by atoms with E-state index < -0.39 is 11.9 Å². The fraction of sp³-hybridized carbons (Fsp3) is 0.417. The minimum Gasteiger partial charge on any atom is -0.370 e. The first-order valence-electron chi connectivity index (χ1n) is 5.49. The van der Waals surface area contributed by atoms with Crippen molar-refractivity contribution in [2.75, 3.05) is 0 Å². The Kier molecular flexibility index (Phi) is 5.56. The highest BCUT2D eigenvalue weighted by Gasteiger charge is 2.17. The van der Waals surface area contributed by atoms with E-state index in [1.807, 2.05) is 6.92 Å². The summed E-state index contributed by atoms with van der Waals surface area (Å²) < 4.78 is 14.2. The van der Waals surface area contributed by atoms with Crippen LogP contribution in [-0.4, -0.2) is 5.91 Å². The lowest BCUT2D eigenvalue weighted by molar-refractivity contribution is -0.118. The van der Waals surface area contributed by atoms with Crippen LogP contribution in [0.15, 0.2) is 16.6 Å². The van der Waals surface area contributed by atoms with E-state index in [1.54, 1.807) is 0 Å². The molecule has 6 heteroatoms. The van der Waals surface area contributed by atoms with Crippen molar-refractivity contribution in [2.24, 2.45) is 17.4 Å². The van der Waals surface area contributed by atoms with E-state index >= 15 is 0 Å². The molecular formula is C12H15BrClFN2O. The Labute approximate surface area is 119 Å². The van der Waals surface area contributed by atoms with E-state index in [4.69, 9.17) is 23.1 Å². The van der Waals surface area contributed by atoms with Crippen molar-refractivity contribution in [3.05, 3.63) is 33.0 Å². The first-order valence-corrected chi connectivity index (χ1v) is 6.66. The SMILES string of the molecule is CC(CC(N)=O)CC(N)c1cc(Cl)c(Br)cc1F. The highest BCUT2D eigenvalue weighted by molar-refractivity contribution is 9.10. The van der Waals surface area contributed by atoms with Gasteiger partial charge in [-0.1, -0.05) is 18.5 Å². The van der Waals surface area contributed by atoms with Crippen molar-refractivity contribution < 1.29 is 9.18 Å². The molecule has 4 N–H and O–H groups in total. The van der Waals surface area contributed by atoms with Gasteiger partial charge < -0.3 is 11.5 Å². The predicted octanol–water partition coefficient (Wildman–Crippen LogP) is 3.14. The summed E-state index contributed by atoms with van der Waals surface area (Å²) in [5.41, 5.74) is 11.4. The molecule has 0 heterocycles. The largest absolute Gasteiger partial charge is 0.370 e. The summed E-state index contributed by atoms with van der Waals surface area (Å²) >= 11 is 9.05. The lowest BCUT2D eigenvalue weighted by Crippen LogP contribution is -2.20. The third-order valence-electron chi connectivity index (χ3n) is 2.65. The van der Waals surface area contributed by atoms with Gasteiger partial charge in [-0.25, -0.2) is 4.39 Å². The Morgan fingerprint density at radius 3 is 2.72 bits per heavy atom. The van der Waals surface area contributed by atoms with Gasteiger partial charge in [-0.15, -0.1) is 0 Å². The van der Waals surface area contributed by atoms with Crippen molar-refractivity contribution in [3.63, 3.8) is 0 Å². The van der Waals surface area contributed by atoms with Gasteiger partial charge in [-0.3, -0.25) is 4.79 Å². The van der Waals surface area contributed by atoms with Crippen molar-refractivity contribution >= 4 is 33.4 Å². The van der Waals surface area contributed by atoms with Crippen molar-refractivity contribution in [2.45, 2.75) is 25.8 Å². The molecule has 0 bridgehead atoms. The Bertz CT molecular complexity index is 456. The Balaban J connectivity index is 2.81. The van der Waals surface area contributed by atoms with Crippen molar-refractivity contribution in [1.29, 1.82) is 0 Å². The normalized spacial score (nSPS) is 14.3. The van der Waals surface area contributed by atoms with Crippen molar-refractivity contribution in [3.8, 4) is 0 Å². The summed E-state index contributed by atoms with van der Waals surface area (Å²) in [4.78, 5) is 10.8. The maximum absolute atomic E-state index is 13.7. The van der Waals surface area contributed by atoms with Crippen LogP contribution in [0.25, 0.3) is 0 Å². The lowest BCUT2D eigenvalue weighted by Gasteiger charge is -2.17. The van der Waals surface area contributed by atoms with E-state index in [0.717, 1.165) is 0 Å². The van der Waals surface area contributed by atoms with Gasteiger partial charge in [-0.05, 0) is 40.4 Å². The number of amides is 1. The van der Waals surface area contributed by atoms with Crippen molar-refractivity contribution in [1.82, 2.24) is 0 Å². The summed E-state index contributed by atoms with van der Waals surface area (Å²) in [5.74, 6) is -0.798. The number of carbonyl (C=O) groups is 1. The van der Waals surface area contributed by atoms with Gasteiger partial charge in [0.25, 0.3) is 0 Å². The average Bonchev–Trinajstić information content (AvgIpc) is 2.21. The number of halogens is 3. The molecule has 0 fully saturated rings.